The Labute approximate surface area is 114 Å². The molecule has 0 aliphatic carbocycles. The van der Waals surface area contributed by atoms with E-state index in [0.29, 0.717) is 5.56 Å². The largest absolute Gasteiger partial charge is 0.481 e. The molecule has 0 aromatic heterocycles. The van der Waals surface area contributed by atoms with E-state index in [2.05, 4.69) is 0 Å². The molecule has 4 nitrogen and oxygen atoms in total. The van der Waals surface area contributed by atoms with E-state index in [1.807, 2.05) is 6.07 Å². The summed E-state index contributed by atoms with van der Waals surface area (Å²) in [5.74, 6) is -3.91. The first kappa shape index (κ1) is 13.6. The van der Waals surface area contributed by atoms with Crippen LogP contribution in [0.25, 0.3) is 0 Å². The summed E-state index contributed by atoms with van der Waals surface area (Å²) in [6.45, 7) is 5.11. The second kappa shape index (κ2) is 6.36. The lowest BCUT2D eigenvalue weighted by Crippen LogP contribution is -2.28. The zero-order valence-corrected chi connectivity index (χ0v) is 11.5. The van der Waals surface area contributed by atoms with Gasteiger partial charge in [0, 0.05) is 1.37 Å². The van der Waals surface area contributed by atoms with Crippen molar-refractivity contribution in [2.24, 2.45) is 5.89 Å². The summed E-state index contributed by atoms with van der Waals surface area (Å²) in [5, 5.41) is 9.25. The van der Waals surface area contributed by atoms with Crippen LogP contribution in [0.1, 0.15) is 34.1 Å². The molecule has 1 N–H and O–H groups in total. The highest BCUT2D eigenvalue weighted by Gasteiger charge is 2.25. The average Bonchev–Trinajstić information content (AvgIpc) is 2.26. The summed E-state index contributed by atoms with van der Waals surface area (Å²) in [7, 11) is 0. The van der Waals surface area contributed by atoms with Crippen molar-refractivity contribution in [2.75, 3.05) is 0 Å². The smallest absolute Gasteiger partial charge is 0.307 e. The quantitative estimate of drug-likeness (QED) is 0.831. The molecule has 0 saturated heterocycles. The highest BCUT2D eigenvalue weighted by atomic mass is 16.6. The van der Waals surface area contributed by atoms with Crippen molar-refractivity contribution in [1.82, 2.24) is 0 Å². The molecule has 0 spiro atoms. The van der Waals surface area contributed by atoms with E-state index in [-0.39, 0.29) is 6.42 Å². The van der Waals surface area contributed by atoms with Crippen LogP contribution in [-0.2, 0) is 20.7 Å². The van der Waals surface area contributed by atoms with Crippen LogP contribution >= 0.6 is 0 Å². The van der Waals surface area contributed by atoms with Gasteiger partial charge < -0.3 is 9.84 Å². The molecule has 1 atom stereocenters. The van der Waals surface area contributed by atoms with Crippen molar-refractivity contribution >= 4 is 11.9 Å². The number of carbonyl (C=O) groups is 2. The van der Waals surface area contributed by atoms with Crippen molar-refractivity contribution in [3.63, 3.8) is 0 Å². The average molecular weight is 265 g/mol. The number of rotatable bonds is 5. The standard InChI is InChI=1S/C15H20O4/c1-15(2,3)19-13(16)10-12(14(17)18)9-11-7-5-4-6-8-11/h4-8,12H,9-10H2,1-3H3,(H,17,18)/t12-/m1/s1/i12D. The van der Waals surface area contributed by atoms with E-state index in [4.69, 9.17) is 6.11 Å². The third-order valence-corrected chi connectivity index (χ3v) is 2.34. The third kappa shape index (κ3) is 6.04. The molecule has 4 heteroatoms. The molecule has 0 aliphatic rings. The van der Waals surface area contributed by atoms with Crippen LogP contribution in [0.3, 0.4) is 0 Å². The Morgan fingerprint density at radius 1 is 1.32 bits per heavy atom. The Bertz CT molecular complexity index is 478. The molecular weight excluding hydrogens is 244 g/mol. The lowest BCUT2D eigenvalue weighted by Gasteiger charge is -2.21. The van der Waals surface area contributed by atoms with Crippen molar-refractivity contribution in [3.05, 3.63) is 35.9 Å². The molecule has 0 heterocycles. The summed E-state index contributed by atoms with van der Waals surface area (Å²) < 4.78 is 13.1. The van der Waals surface area contributed by atoms with Gasteiger partial charge in [-0.25, -0.2) is 0 Å². The molecule has 19 heavy (non-hydrogen) atoms. The van der Waals surface area contributed by atoms with Gasteiger partial charge in [0.2, 0.25) is 0 Å². The monoisotopic (exact) mass is 265 g/mol. The minimum Gasteiger partial charge on any atom is -0.481 e. The van der Waals surface area contributed by atoms with Crippen LogP contribution in [0, 0.1) is 5.89 Å². The third-order valence-electron chi connectivity index (χ3n) is 2.34. The Balaban J connectivity index is 2.82. The predicted octanol–water partition coefficient (Wildman–Crippen LogP) is 2.66. The van der Waals surface area contributed by atoms with Gasteiger partial charge in [0.15, 0.2) is 0 Å². The van der Waals surface area contributed by atoms with Gasteiger partial charge in [-0.15, -0.1) is 0 Å². The van der Waals surface area contributed by atoms with E-state index < -0.39 is 29.9 Å². The van der Waals surface area contributed by atoms with Gasteiger partial charge in [0.05, 0.1) is 12.3 Å². The summed E-state index contributed by atoms with van der Waals surface area (Å²) in [4.78, 5) is 23.1. The van der Waals surface area contributed by atoms with Gasteiger partial charge in [0.25, 0.3) is 0 Å². The van der Waals surface area contributed by atoms with E-state index in [1.54, 1.807) is 45.0 Å². The number of hydrogen-bond donors (Lipinski definition) is 1. The number of aliphatic carboxylic acids is 1. The Hall–Kier alpha value is -1.84. The van der Waals surface area contributed by atoms with E-state index >= 15 is 0 Å². The van der Waals surface area contributed by atoms with Crippen LogP contribution in [0.4, 0.5) is 0 Å². The number of hydrogen-bond acceptors (Lipinski definition) is 3. The molecule has 0 fully saturated rings. The maximum absolute atomic E-state index is 11.8. The number of benzene rings is 1. The minimum absolute atomic E-state index is 0.0393. The maximum Gasteiger partial charge on any atom is 0.307 e. The molecule has 0 unspecified atom stereocenters. The van der Waals surface area contributed by atoms with Gasteiger partial charge >= 0.3 is 11.9 Å². The van der Waals surface area contributed by atoms with Gasteiger partial charge in [-0.2, -0.15) is 0 Å². The first-order chi connectivity index (χ1) is 9.12. The fourth-order valence-corrected chi connectivity index (χ4v) is 1.61. The zero-order valence-electron chi connectivity index (χ0n) is 12.5. The second-order valence-electron chi connectivity index (χ2n) is 5.33. The predicted molar refractivity (Wildman–Crippen MR) is 71.7 cm³/mol. The van der Waals surface area contributed by atoms with Crippen molar-refractivity contribution < 1.29 is 20.8 Å². The Morgan fingerprint density at radius 2 is 1.89 bits per heavy atom. The SMILES string of the molecule is [2H][C@](CC(=O)OC(C)(C)C)(Cc1ccccc1)C(=O)O. The fraction of sp³-hybridized carbons (Fsp3) is 0.467. The fourth-order valence-electron chi connectivity index (χ4n) is 1.61. The van der Waals surface area contributed by atoms with E-state index in [9.17, 15) is 14.7 Å². The van der Waals surface area contributed by atoms with Gasteiger partial charge in [0.1, 0.15) is 5.60 Å². The highest BCUT2D eigenvalue weighted by Crippen LogP contribution is 2.16. The van der Waals surface area contributed by atoms with E-state index in [1.165, 1.54) is 0 Å². The topological polar surface area (TPSA) is 63.6 Å². The van der Waals surface area contributed by atoms with Crippen LogP contribution in [0.15, 0.2) is 30.3 Å². The number of carboxylic acid groups (broad SMARTS) is 1. The Morgan fingerprint density at radius 3 is 2.37 bits per heavy atom. The number of esters is 1. The summed E-state index contributed by atoms with van der Waals surface area (Å²) in [6.07, 6.45) is -0.517. The normalized spacial score (nSPS) is 15.2. The highest BCUT2D eigenvalue weighted by molar-refractivity contribution is 5.79. The summed E-state index contributed by atoms with van der Waals surface area (Å²) >= 11 is 0. The van der Waals surface area contributed by atoms with Gasteiger partial charge in [-0.05, 0) is 32.8 Å². The molecular formula is C15H20O4. The molecule has 0 amide bonds. The number of ether oxygens (including phenoxy) is 1. The molecule has 0 bridgehead atoms. The Kier molecular flexibility index (Phi) is 4.55. The number of carboxylic acids is 1. The molecule has 0 aliphatic heterocycles. The first-order valence-corrected chi connectivity index (χ1v) is 6.12. The summed E-state index contributed by atoms with van der Waals surface area (Å²) in [5.41, 5.74) is 0.0110. The van der Waals surface area contributed by atoms with Gasteiger partial charge in [-0.1, -0.05) is 30.3 Å². The van der Waals surface area contributed by atoms with Crippen LogP contribution < -0.4 is 0 Å². The van der Waals surface area contributed by atoms with Crippen molar-refractivity contribution in [3.8, 4) is 0 Å². The lowest BCUT2D eigenvalue weighted by atomic mass is 9.96. The van der Waals surface area contributed by atoms with Crippen molar-refractivity contribution in [1.29, 1.82) is 0 Å². The van der Waals surface area contributed by atoms with Crippen LogP contribution in [0.2, 0.25) is 0 Å². The van der Waals surface area contributed by atoms with Crippen LogP contribution in [-0.4, -0.2) is 22.6 Å². The van der Waals surface area contributed by atoms with Crippen LogP contribution in [0.5, 0.6) is 0 Å². The van der Waals surface area contributed by atoms with Crippen molar-refractivity contribution in [2.45, 2.75) is 39.2 Å². The molecule has 0 saturated carbocycles. The maximum atomic E-state index is 11.8. The van der Waals surface area contributed by atoms with E-state index in [0.717, 1.165) is 0 Å². The zero-order chi connectivity index (χ0) is 15.4. The number of carbonyl (C=O) groups excluding carboxylic acids is 1. The second-order valence-corrected chi connectivity index (χ2v) is 5.33. The molecule has 104 valence electrons. The summed E-state index contributed by atoms with van der Waals surface area (Å²) in [6, 6.07) is 8.82. The van der Waals surface area contributed by atoms with Gasteiger partial charge in [-0.3, -0.25) is 9.59 Å². The molecule has 0 radical (unpaired) electrons. The molecule has 1 aromatic rings. The minimum atomic E-state index is -1.91. The first-order valence-electron chi connectivity index (χ1n) is 6.62. The molecule has 1 aromatic carbocycles. The lowest BCUT2D eigenvalue weighted by molar-refractivity contribution is -0.159. The molecule has 1 rings (SSSR count).